The Kier molecular flexibility index (Phi) is 6.04. The lowest BCUT2D eigenvalue weighted by atomic mass is 10.1. The van der Waals surface area contributed by atoms with Crippen molar-refractivity contribution in [3.05, 3.63) is 82.4 Å². The van der Waals surface area contributed by atoms with Gasteiger partial charge in [0.05, 0.1) is 23.0 Å². The van der Waals surface area contributed by atoms with Crippen LogP contribution in [0.15, 0.2) is 59.5 Å². The first-order valence-electron chi connectivity index (χ1n) is 9.00. The van der Waals surface area contributed by atoms with Crippen LogP contribution in [0.2, 0.25) is 5.02 Å². The molecule has 0 saturated heterocycles. The Hall–Kier alpha value is -3.15. The van der Waals surface area contributed by atoms with Crippen molar-refractivity contribution in [1.82, 2.24) is 14.1 Å². The average molecular weight is 495 g/mol. The molecular weight excluding hydrogens is 482 g/mol. The minimum absolute atomic E-state index is 0.0355. The van der Waals surface area contributed by atoms with E-state index in [4.69, 9.17) is 11.6 Å². The monoisotopic (exact) mass is 494 g/mol. The molecule has 7 nitrogen and oxygen atoms in total. The fourth-order valence-corrected chi connectivity index (χ4v) is 4.95. The standard InChI is InChI=1S/C20H13ClF2N4O3S2/c21-12-5-7-16(27-32(29,30)18-3-1-2-17-19(18)26-31-25-17)14(8-12)20(28)24-10-11-4-6-13(22)9-15(11)23/h1-9,27H,10H2,(H,24,28). The molecule has 0 radical (unpaired) electrons. The lowest BCUT2D eigenvalue weighted by Gasteiger charge is -2.14. The van der Waals surface area contributed by atoms with E-state index in [0.29, 0.717) is 11.6 Å². The van der Waals surface area contributed by atoms with Gasteiger partial charge in [0.2, 0.25) is 0 Å². The Labute approximate surface area is 190 Å². The van der Waals surface area contributed by atoms with Gasteiger partial charge in [0.15, 0.2) is 0 Å². The van der Waals surface area contributed by atoms with Crippen molar-refractivity contribution in [2.75, 3.05) is 4.72 Å². The highest BCUT2D eigenvalue weighted by atomic mass is 35.5. The van der Waals surface area contributed by atoms with Crippen LogP contribution in [0.4, 0.5) is 14.5 Å². The Bertz CT molecular complexity index is 1440. The van der Waals surface area contributed by atoms with Gasteiger partial charge in [0.25, 0.3) is 15.9 Å². The first-order chi connectivity index (χ1) is 15.2. The molecule has 4 rings (SSSR count). The van der Waals surface area contributed by atoms with Gasteiger partial charge in [-0.05, 0) is 36.4 Å². The molecular formula is C20H13ClF2N4O3S2. The molecule has 12 heteroatoms. The van der Waals surface area contributed by atoms with Crippen molar-refractivity contribution >= 4 is 56.0 Å². The van der Waals surface area contributed by atoms with E-state index in [1.54, 1.807) is 6.07 Å². The molecule has 2 N–H and O–H groups in total. The first-order valence-corrected chi connectivity index (χ1v) is 11.6. The third-order valence-corrected chi connectivity index (χ3v) is 6.64. The van der Waals surface area contributed by atoms with E-state index in [2.05, 4.69) is 18.8 Å². The minimum Gasteiger partial charge on any atom is -0.348 e. The van der Waals surface area contributed by atoms with E-state index in [1.165, 1.54) is 36.4 Å². The SMILES string of the molecule is O=C(NCc1ccc(F)cc1F)c1cc(Cl)ccc1NS(=O)(=O)c1cccc2nsnc12. The summed E-state index contributed by atoms with van der Waals surface area (Å²) < 4.78 is 63.3. The Morgan fingerprint density at radius 3 is 2.66 bits per heavy atom. The van der Waals surface area contributed by atoms with E-state index >= 15 is 0 Å². The molecule has 0 saturated carbocycles. The zero-order chi connectivity index (χ0) is 22.9. The number of nitrogens with zero attached hydrogens (tertiary/aromatic N) is 2. The van der Waals surface area contributed by atoms with Crippen molar-refractivity contribution in [2.45, 2.75) is 11.4 Å². The van der Waals surface area contributed by atoms with Gasteiger partial charge in [-0.25, -0.2) is 17.2 Å². The molecule has 32 heavy (non-hydrogen) atoms. The maximum absolute atomic E-state index is 13.8. The van der Waals surface area contributed by atoms with Crippen molar-refractivity contribution in [3.8, 4) is 0 Å². The number of nitrogens with one attached hydrogen (secondary N) is 2. The van der Waals surface area contributed by atoms with E-state index in [9.17, 15) is 22.0 Å². The summed E-state index contributed by atoms with van der Waals surface area (Å²) in [5.74, 6) is -2.26. The zero-order valence-electron chi connectivity index (χ0n) is 16.0. The maximum atomic E-state index is 13.8. The highest BCUT2D eigenvalue weighted by Crippen LogP contribution is 2.27. The first kappa shape index (κ1) is 22.1. The number of carbonyl (C=O) groups is 1. The lowest BCUT2D eigenvalue weighted by Crippen LogP contribution is -2.25. The summed E-state index contributed by atoms with van der Waals surface area (Å²) in [7, 11) is -4.13. The van der Waals surface area contributed by atoms with Crippen LogP contribution in [-0.2, 0) is 16.6 Å². The van der Waals surface area contributed by atoms with Crippen LogP contribution in [0.5, 0.6) is 0 Å². The number of aromatic nitrogens is 2. The van der Waals surface area contributed by atoms with Crippen LogP contribution in [0.25, 0.3) is 11.0 Å². The summed E-state index contributed by atoms with van der Waals surface area (Å²) in [6.45, 7) is -0.243. The molecule has 1 heterocycles. The number of hydrogen-bond donors (Lipinski definition) is 2. The van der Waals surface area contributed by atoms with Crippen LogP contribution in [0.3, 0.4) is 0 Å². The smallest absolute Gasteiger partial charge is 0.264 e. The molecule has 3 aromatic carbocycles. The largest absolute Gasteiger partial charge is 0.348 e. The second kappa shape index (κ2) is 8.77. The van der Waals surface area contributed by atoms with Crippen molar-refractivity contribution in [1.29, 1.82) is 0 Å². The van der Waals surface area contributed by atoms with E-state index < -0.39 is 27.6 Å². The quantitative estimate of drug-likeness (QED) is 0.415. The fraction of sp³-hybridized carbons (Fsp3) is 0.0500. The average Bonchev–Trinajstić information content (AvgIpc) is 3.23. The van der Waals surface area contributed by atoms with Crippen LogP contribution in [-0.4, -0.2) is 23.1 Å². The normalized spacial score (nSPS) is 11.5. The van der Waals surface area contributed by atoms with Crippen LogP contribution in [0, 0.1) is 11.6 Å². The van der Waals surface area contributed by atoms with Crippen molar-refractivity contribution in [2.24, 2.45) is 0 Å². The molecule has 0 aliphatic heterocycles. The van der Waals surface area contributed by atoms with Gasteiger partial charge in [-0.3, -0.25) is 9.52 Å². The molecule has 0 fully saturated rings. The molecule has 1 aromatic heterocycles. The number of halogens is 3. The Morgan fingerprint density at radius 2 is 1.88 bits per heavy atom. The van der Waals surface area contributed by atoms with Crippen LogP contribution < -0.4 is 10.0 Å². The number of carbonyl (C=O) groups excluding carboxylic acids is 1. The second-order valence-electron chi connectivity index (χ2n) is 6.60. The number of fused-ring (bicyclic) bond motifs is 1. The predicted octanol–water partition coefficient (Wildman–Crippen LogP) is 4.35. The van der Waals surface area contributed by atoms with Crippen molar-refractivity contribution in [3.63, 3.8) is 0 Å². The molecule has 0 bridgehead atoms. The highest BCUT2D eigenvalue weighted by Gasteiger charge is 2.23. The van der Waals surface area contributed by atoms with Gasteiger partial charge in [0, 0.05) is 23.2 Å². The van der Waals surface area contributed by atoms with E-state index in [-0.39, 0.29) is 38.8 Å². The Morgan fingerprint density at radius 1 is 1.06 bits per heavy atom. The van der Waals surface area contributed by atoms with Gasteiger partial charge in [-0.2, -0.15) is 8.75 Å². The van der Waals surface area contributed by atoms with Gasteiger partial charge in [-0.1, -0.05) is 23.7 Å². The summed E-state index contributed by atoms with van der Waals surface area (Å²) in [4.78, 5) is 12.6. The topological polar surface area (TPSA) is 101 Å². The van der Waals surface area contributed by atoms with Crippen molar-refractivity contribution < 1.29 is 22.0 Å². The molecule has 0 aliphatic carbocycles. The zero-order valence-corrected chi connectivity index (χ0v) is 18.4. The van der Waals surface area contributed by atoms with E-state index in [1.807, 2.05) is 0 Å². The number of rotatable bonds is 6. The third kappa shape index (κ3) is 4.54. The van der Waals surface area contributed by atoms with Crippen LogP contribution in [0.1, 0.15) is 15.9 Å². The Balaban J connectivity index is 1.62. The fourth-order valence-electron chi connectivity index (χ4n) is 2.93. The maximum Gasteiger partial charge on any atom is 0.264 e. The predicted molar refractivity (Wildman–Crippen MR) is 117 cm³/mol. The number of benzene rings is 3. The molecule has 1 amide bonds. The second-order valence-corrected chi connectivity index (χ2v) is 9.22. The van der Waals surface area contributed by atoms with Crippen LogP contribution >= 0.6 is 23.3 Å². The summed E-state index contributed by atoms with van der Waals surface area (Å²) in [5.41, 5.74) is 0.579. The number of anilines is 1. The lowest BCUT2D eigenvalue weighted by molar-refractivity contribution is 0.0951. The highest BCUT2D eigenvalue weighted by molar-refractivity contribution is 7.93. The van der Waals surface area contributed by atoms with E-state index in [0.717, 1.165) is 17.8 Å². The van der Waals surface area contributed by atoms with Gasteiger partial charge in [0.1, 0.15) is 27.6 Å². The molecule has 164 valence electrons. The molecule has 0 spiro atoms. The van der Waals surface area contributed by atoms with Gasteiger partial charge in [-0.15, -0.1) is 0 Å². The van der Waals surface area contributed by atoms with Gasteiger partial charge >= 0.3 is 0 Å². The number of amides is 1. The summed E-state index contributed by atoms with van der Waals surface area (Å²) >= 11 is 6.87. The summed E-state index contributed by atoms with van der Waals surface area (Å²) in [6.07, 6.45) is 0. The van der Waals surface area contributed by atoms with Gasteiger partial charge < -0.3 is 5.32 Å². The number of hydrogen-bond acceptors (Lipinski definition) is 6. The minimum atomic E-state index is -4.13. The number of sulfonamides is 1. The molecule has 0 unspecified atom stereocenters. The molecule has 0 aliphatic rings. The third-order valence-electron chi connectivity index (χ3n) is 4.46. The summed E-state index contributed by atoms with van der Waals surface area (Å²) in [5, 5.41) is 2.67. The summed E-state index contributed by atoms with van der Waals surface area (Å²) in [6, 6.07) is 11.5. The molecule has 0 atom stereocenters. The molecule has 4 aromatic rings.